The Morgan fingerprint density at radius 1 is 0.793 bits per heavy atom. The fourth-order valence-corrected chi connectivity index (χ4v) is 2.80. The van der Waals surface area contributed by atoms with Crippen LogP contribution in [-0.4, -0.2) is 11.8 Å². The van der Waals surface area contributed by atoms with Crippen LogP contribution in [0.5, 0.6) is 0 Å². The first-order chi connectivity index (χ1) is 13.4. The normalized spacial score (nSPS) is 15.3. The van der Waals surface area contributed by atoms with Crippen molar-refractivity contribution in [1.82, 2.24) is 0 Å². The van der Waals surface area contributed by atoms with E-state index in [1.165, 1.54) is 6.07 Å². The standard InChI is InChI=1S/C18H9ClF6N2O2/c19-13-14(26-11-5-1-3-9(7-11)17(20,21)22)16(29)27(15(13)28)12-6-2-4-10(8-12)18(23,24)25/h1-8,26H. The zero-order chi connectivity index (χ0) is 21.6. The molecule has 1 N–H and O–H groups in total. The van der Waals surface area contributed by atoms with Gasteiger partial charge in [-0.25, -0.2) is 4.90 Å². The first-order valence-electron chi connectivity index (χ1n) is 7.79. The van der Waals surface area contributed by atoms with Gasteiger partial charge in [0.25, 0.3) is 11.8 Å². The van der Waals surface area contributed by atoms with Crippen molar-refractivity contribution in [2.45, 2.75) is 12.4 Å². The average Bonchev–Trinajstić information content (AvgIpc) is 2.84. The number of nitrogens with one attached hydrogen (secondary N) is 1. The minimum atomic E-state index is -4.71. The molecule has 152 valence electrons. The van der Waals surface area contributed by atoms with Gasteiger partial charge in [-0.15, -0.1) is 0 Å². The van der Waals surface area contributed by atoms with Gasteiger partial charge in [0.15, 0.2) is 0 Å². The van der Waals surface area contributed by atoms with E-state index in [9.17, 15) is 35.9 Å². The molecule has 2 amide bonds. The Balaban J connectivity index is 1.92. The molecule has 0 bridgehead atoms. The average molecular weight is 435 g/mol. The van der Waals surface area contributed by atoms with Gasteiger partial charge in [0.05, 0.1) is 16.8 Å². The SMILES string of the molecule is O=C1C(Cl)=C(Nc2cccc(C(F)(F)F)c2)C(=O)N1c1cccc(C(F)(F)F)c1. The Hall–Kier alpha value is -3.01. The highest BCUT2D eigenvalue weighted by molar-refractivity contribution is 6.53. The van der Waals surface area contributed by atoms with Gasteiger partial charge in [-0.2, -0.15) is 26.3 Å². The van der Waals surface area contributed by atoms with Crippen LogP contribution >= 0.6 is 11.6 Å². The molecule has 11 heteroatoms. The summed E-state index contributed by atoms with van der Waals surface area (Å²) in [5, 5.41) is 1.68. The maximum atomic E-state index is 12.9. The van der Waals surface area contributed by atoms with E-state index >= 15 is 0 Å². The Bertz CT molecular complexity index is 1030. The molecule has 0 aromatic heterocycles. The van der Waals surface area contributed by atoms with E-state index in [0.29, 0.717) is 17.0 Å². The van der Waals surface area contributed by atoms with Crippen molar-refractivity contribution in [3.05, 3.63) is 70.4 Å². The smallest absolute Gasteiger partial charge is 0.350 e. The maximum Gasteiger partial charge on any atom is 0.416 e. The Kier molecular flexibility index (Phi) is 5.08. The lowest BCUT2D eigenvalue weighted by atomic mass is 10.2. The number of hydrogen-bond donors (Lipinski definition) is 1. The molecule has 0 saturated carbocycles. The summed E-state index contributed by atoms with van der Waals surface area (Å²) in [6.45, 7) is 0. The van der Waals surface area contributed by atoms with Gasteiger partial charge in [0.2, 0.25) is 0 Å². The summed E-state index contributed by atoms with van der Waals surface area (Å²) in [7, 11) is 0. The Morgan fingerprint density at radius 2 is 1.34 bits per heavy atom. The summed E-state index contributed by atoms with van der Waals surface area (Å²) in [6.07, 6.45) is -9.35. The summed E-state index contributed by atoms with van der Waals surface area (Å²) in [5.74, 6) is -2.21. The van der Waals surface area contributed by atoms with Gasteiger partial charge < -0.3 is 5.32 Å². The van der Waals surface area contributed by atoms with E-state index in [1.807, 2.05) is 0 Å². The molecule has 0 aliphatic carbocycles. The number of halogens is 7. The summed E-state index contributed by atoms with van der Waals surface area (Å²) in [6, 6.07) is 7.23. The lowest BCUT2D eigenvalue weighted by molar-refractivity contribution is -0.138. The minimum absolute atomic E-state index is 0.181. The van der Waals surface area contributed by atoms with Gasteiger partial charge in [-0.3, -0.25) is 9.59 Å². The molecule has 1 aliphatic heterocycles. The summed E-state index contributed by atoms with van der Waals surface area (Å²) in [5.41, 5.74) is -3.21. The lowest BCUT2D eigenvalue weighted by Crippen LogP contribution is -2.32. The van der Waals surface area contributed by atoms with Crippen LogP contribution in [0.1, 0.15) is 11.1 Å². The number of amides is 2. The molecule has 0 saturated heterocycles. The molecule has 1 aliphatic rings. The van der Waals surface area contributed by atoms with Crippen molar-refractivity contribution in [2.75, 3.05) is 10.2 Å². The summed E-state index contributed by atoms with van der Waals surface area (Å²) < 4.78 is 77.2. The highest BCUT2D eigenvalue weighted by Gasteiger charge is 2.40. The van der Waals surface area contributed by atoms with Crippen LogP contribution in [0.2, 0.25) is 0 Å². The van der Waals surface area contributed by atoms with Crippen LogP contribution in [0, 0.1) is 0 Å². The Labute approximate surface area is 164 Å². The van der Waals surface area contributed by atoms with E-state index in [-0.39, 0.29) is 11.4 Å². The predicted octanol–water partition coefficient (Wildman–Crippen LogP) is 5.16. The zero-order valence-corrected chi connectivity index (χ0v) is 14.8. The van der Waals surface area contributed by atoms with E-state index in [2.05, 4.69) is 5.32 Å². The molecule has 4 nitrogen and oxygen atoms in total. The number of benzene rings is 2. The molecule has 2 aromatic carbocycles. The van der Waals surface area contributed by atoms with Crippen molar-refractivity contribution in [3.8, 4) is 0 Å². The molecule has 0 atom stereocenters. The first-order valence-corrected chi connectivity index (χ1v) is 8.17. The third-order valence-electron chi connectivity index (χ3n) is 3.92. The fraction of sp³-hybridized carbons (Fsp3) is 0.111. The van der Waals surface area contributed by atoms with Crippen LogP contribution in [0.4, 0.5) is 37.7 Å². The first kappa shape index (κ1) is 20.7. The molecule has 2 aromatic rings. The molecule has 0 fully saturated rings. The monoisotopic (exact) mass is 434 g/mol. The number of carbonyl (C=O) groups excluding carboxylic acids is 2. The van der Waals surface area contributed by atoms with E-state index in [1.54, 1.807) is 0 Å². The van der Waals surface area contributed by atoms with Crippen LogP contribution < -0.4 is 10.2 Å². The van der Waals surface area contributed by atoms with Crippen molar-refractivity contribution < 1.29 is 35.9 Å². The van der Waals surface area contributed by atoms with Gasteiger partial charge >= 0.3 is 12.4 Å². The zero-order valence-electron chi connectivity index (χ0n) is 14.0. The molecule has 0 unspecified atom stereocenters. The number of nitrogens with zero attached hydrogens (tertiary/aromatic N) is 1. The fourth-order valence-electron chi connectivity index (χ4n) is 2.58. The molecule has 1 heterocycles. The largest absolute Gasteiger partial charge is 0.416 e. The van der Waals surface area contributed by atoms with Gasteiger partial charge in [0.1, 0.15) is 10.7 Å². The minimum Gasteiger partial charge on any atom is -0.350 e. The lowest BCUT2D eigenvalue weighted by Gasteiger charge is -2.17. The van der Waals surface area contributed by atoms with Crippen LogP contribution in [0.3, 0.4) is 0 Å². The van der Waals surface area contributed by atoms with Crippen LogP contribution in [0.15, 0.2) is 59.3 Å². The molecular formula is C18H9ClF6N2O2. The maximum absolute atomic E-state index is 12.9. The molecule has 0 spiro atoms. The van der Waals surface area contributed by atoms with Crippen molar-refractivity contribution in [1.29, 1.82) is 0 Å². The van der Waals surface area contributed by atoms with Gasteiger partial charge in [0, 0.05) is 5.69 Å². The summed E-state index contributed by atoms with van der Waals surface area (Å²) in [4.78, 5) is 25.3. The predicted molar refractivity (Wildman–Crippen MR) is 91.9 cm³/mol. The Morgan fingerprint density at radius 3 is 1.93 bits per heavy atom. The number of anilines is 2. The topological polar surface area (TPSA) is 49.4 Å². The second-order valence-corrected chi connectivity index (χ2v) is 6.26. The highest BCUT2D eigenvalue weighted by atomic mass is 35.5. The van der Waals surface area contributed by atoms with Gasteiger partial charge in [-0.1, -0.05) is 23.7 Å². The van der Waals surface area contributed by atoms with Crippen molar-refractivity contribution in [2.24, 2.45) is 0 Å². The molecule has 3 rings (SSSR count). The summed E-state index contributed by atoms with van der Waals surface area (Å²) >= 11 is 5.84. The van der Waals surface area contributed by atoms with Crippen LogP contribution in [-0.2, 0) is 21.9 Å². The molecular weight excluding hydrogens is 426 g/mol. The van der Waals surface area contributed by atoms with Gasteiger partial charge in [-0.05, 0) is 36.4 Å². The molecule has 29 heavy (non-hydrogen) atoms. The highest BCUT2D eigenvalue weighted by Crippen LogP contribution is 2.36. The number of imide groups is 1. The van der Waals surface area contributed by atoms with E-state index in [4.69, 9.17) is 11.6 Å². The number of hydrogen-bond acceptors (Lipinski definition) is 3. The number of rotatable bonds is 3. The van der Waals surface area contributed by atoms with E-state index < -0.39 is 46.0 Å². The van der Waals surface area contributed by atoms with Crippen LogP contribution in [0.25, 0.3) is 0 Å². The third kappa shape index (κ3) is 4.07. The second-order valence-electron chi connectivity index (χ2n) is 5.89. The van der Waals surface area contributed by atoms with Crippen molar-refractivity contribution in [3.63, 3.8) is 0 Å². The quantitative estimate of drug-likeness (QED) is 0.536. The molecule has 0 radical (unpaired) electrons. The van der Waals surface area contributed by atoms with E-state index in [0.717, 1.165) is 30.3 Å². The third-order valence-corrected chi connectivity index (χ3v) is 4.27. The second kappa shape index (κ2) is 7.11. The number of alkyl halides is 6. The number of carbonyl (C=O) groups is 2. The van der Waals surface area contributed by atoms with Crippen molar-refractivity contribution >= 4 is 34.8 Å².